The number of rotatable bonds is 5. The van der Waals surface area contributed by atoms with Crippen LogP contribution in [0.4, 0.5) is 0 Å². The maximum absolute atomic E-state index is 12.7. The molecule has 0 aliphatic carbocycles. The second-order valence-electron chi connectivity index (χ2n) is 8.50. The highest BCUT2D eigenvalue weighted by Gasteiger charge is 2.18. The predicted molar refractivity (Wildman–Crippen MR) is 114 cm³/mol. The van der Waals surface area contributed by atoms with Crippen LogP contribution in [-0.4, -0.2) is 71.5 Å². The lowest BCUT2D eigenvalue weighted by molar-refractivity contribution is -0.131. The van der Waals surface area contributed by atoms with E-state index in [1.165, 1.54) is 29.3 Å². The number of carbonyl (C=O) groups excluding carboxylic acids is 1. The van der Waals surface area contributed by atoms with Crippen LogP contribution in [0.3, 0.4) is 0 Å². The van der Waals surface area contributed by atoms with Crippen molar-refractivity contribution >= 4 is 16.8 Å². The summed E-state index contributed by atoms with van der Waals surface area (Å²) in [5, 5.41) is 1.31. The van der Waals surface area contributed by atoms with Crippen LogP contribution in [-0.2, 0) is 17.9 Å². The molecule has 0 spiro atoms. The van der Waals surface area contributed by atoms with Gasteiger partial charge in [-0.3, -0.25) is 9.69 Å². The third-order valence-corrected chi connectivity index (χ3v) is 6.39. The molecule has 0 unspecified atom stereocenters. The van der Waals surface area contributed by atoms with Crippen molar-refractivity contribution in [3.63, 3.8) is 0 Å². The topological polar surface area (TPSA) is 31.7 Å². The molecule has 2 aliphatic rings. The van der Waals surface area contributed by atoms with Crippen LogP contribution in [0, 0.1) is 0 Å². The first-order valence-corrected chi connectivity index (χ1v) is 11.0. The van der Waals surface area contributed by atoms with Gasteiger partial charge in [-0.05, 0) is 37.9 Å². The van der Waals surface area contributed by atoms with E-state index in [4.69, 9.17) is 0 Å². The van der Waals surface area contributed by atoms with Gasteiger partial charge in [-0.2, -0.15) is 0 Å². The molecule has 1 aromatic heterocycles. The molecule has 5 nitrogen and oxygen atoms in total. The molecule has 28 heavy (non-hydrogen) atoms. The van der Waals surface area contributed by atoms with Crippen LogP contribution >= 0.6 is 0 Å². The van der Waals surface area contributed by atoms with E-state index in [1.54, 1.807) is 0 Å². The predicted octanol–water partition coefficient (Wildman–Crippen LogP) is 3.18. The van der Waals surface area contributed by atoms with Crippen molar-refractivity contribution in [3.8, 4) is 0 Å². The van der Waals surface area contributed by atoms with Crippen molar-refractivity contribution in [1.29, 1.82) is 0 Å². The number of aryl methyl sites for hydroxylation is 1. The zero-order valence-electron chi connectivity index (χ0n) is 17.3. The van der Waals surface area contributed by atoms with Gasteiger partial charge in [0.2, 0.25) is 5.91 Å². The monoisotopic (exact) mass is 382 g/mol. The molecule has 0 radical (unpaired) electrons. The molecule has 2 aromatic rings. The zero-order valence-corrected chi connectivity index (χ0v) is 17.3. The Bertz CT molecular complexity index is 783. The fourth-order valence-electron chi connectivity index (χ4n) is 4.56. The maximum Gasteiger partial charge on any atom is 0.222 e. The minimum atomic E-state index is 0.331. The summed E-state index contributed by atoms with van der Waals surface area (Å²) in [7, 11) is 2.20. The first-order valence-electron chi connectivity index (χ1n) is 11.0. The second kappa shape index (κ2) is 9.10. The minimum Gasteiger partial charge on any atom is -0.343 e. The molecule has 0 bridgehead atoms. The fraction of sp³-hybridized carbons (Fsp3) is 0.609. The van der Waals surface area contributed by atoms with Crippen molar-refractivity contribution in [1.82, 2.24) is 19.3 Å². The van der Waals surface area contributed by atoms with E-state index in [1.807, 2.05) is 0 Å². The maximum atomic E-state index is 12.7. The zero-order chi connectivity index (χ0) is 19.3. The molecule has 0 saturated carbocycles. The number of piperazine rings is 1. The van der Waals surface area contributed by atoms with Crippen LogP contribution < -0.4 is 0 Å². The van der Waals surface area contributed by atoms with Gasteiger partial charge >= 0.3 is 0 Å². The molecule has 3 heterocycles. The van der Waals surface area contributed by atoms with Gasteiger partial charge in [-0.1, -0.05) is 31.0 Å². The SMILES string of the molecule is CN1CCN(Cn2cc(CCC(=O)N3CCCCCC3)c3ccccc32)CC1. The number of aromatic nitrogens is 1. The Morgan fingerprint density at radius 1 is 0.929 bits per heavy atom. The lowest BCUT2D eigenvalue weighted by atomic mass is 10.1. The largest absolute Gasteiger partial charge is 0.343 e. The number of likely N-dealkylation sites (N-methyl/N-ethyl adjacent to an activating group) is 1. The fourth-order valence-corrected chi connectivity index (χ4v) is 4.56. The molecule has 5 heteroatoms. The summed E-state index contributed by atoms with van der Waals surface area (Å²) in [5.41, 5.74) is 2.60. The number of likely N-dealkylation sites (tertiary alicyclic amines) is 1. The summed E-state index contributed by atoms with van der Waals surface area (Å²) in [6, 6.07) is 8.66. The molecule has 4 rings (SSSR count). The van der Waals surface area contributed by atoms with Crippen molar-refractivity contribution in [3.05, 3.63) is 36.0 Å². The van der Waals surface area contributed by atoms with Crippen molar-refractivity contribution in [2.45, 2.75) is 45.2 Å². The van der Waals surface area contributed by atoms with Gasteiger partial charge in [0.1, 0.15) is 0 Å². The molecule has 2 saturated heterocycles. The lowest BCUT2D eigenvalue weighted by Crippen LogP contribution is -2.44. The average Bonchev–Trinajstić information content (AvgIpc) is 2.88. The number of para-hydroxylation sites is 1. The summed E-state index contributed by atoms with van der Waals surface area (Å²) in [5.74, 6) is 0.331. The van der Waals surface area contributed by atoms with E-state index in [0.717, 1.165) is 65.2 Å². The van der Waals surface area contributed by atoms with Crippen molar-refractivity contribution in [2.75, 3.05) is 46.3 Å². The Morgan fingerprint density at radius 2 is 1.64 bits per heavy atom. The van der Waals surface area contributed by atoms with E-state index in [-0.39, 0.29) is 0 Å². The molecule has 0 N–H and O–H groups in total. The van der Waals surface area contributed by atoms with Crippen LogP contribution in [0.1, 0.15) is 37.7 Å². The number of amides is 1. The lowest BCUT2D eigenvalue weighted by Gasteiger charge is -2.32. The Balaban J connectivity index is 1.44. The van der Waals surface area contributed by atoms with E-state index >= 15 is 0 Å². The molecular formula is C23H34N4O. The second-order valence-corrected chi connectivity index (χ2v) is 8.50. The van der Waals surface area contributed by atoms with E-state index in [2.05, 4.69) is 56.8 Å². The number of fused-ring (bicyclic) bond motifs is 1. The molecule has 0 atom stereocenters. The third-order valence-electron chi connectivity index (χ3n) is 6.39. The van der Waals surface area contributed by atoms with Gasteiger partial charge < -0.3 is 14.4 Å². The molecule has 2 aliphatic heterocycles. The van der Waals surface area contributed by atoms with E-state index in [0.29, 0.717) is 12.3 Å². The first-order chi connectivity index (χ1) is 13.7. The summed E-state index contributed by atoms with van der Waals surface area (Å²) in [4.78, 5) is 19.7. The van der Waals surface area contributed by atoms with Crippen LogP contribution in [0.5, 0.6) is 0 Å². The van der Waals surface area contributed by atoms with E-state index in [9.17, 15) is 4.79 Å². The van der Waals surface area contributed by atoms with Gasteiger partial charge in [0.25, 0.3) is 0 Å². The summed E-state index contributed by atoms with van der Waals surface area (Å²) in [6.07, 6.45) is 8.62. The van der Waals surface area contributed by atoms with Crippen molar-refractivity contribution in [2.24, 2.45) is 0 Å². The summed E-state index contributed by atoms with van der Waals surface area (Å²) in [6.45, 7) is 7.34. The Morgan fingerprint density at radius 3 is 2.39 bits per heavy atom. The number of benzene rings is 1. The Labute approximate surface area is 168 Å². The molecule has 1 amide bonds. The Kier molecular flexibility index (Phi) is 6.33. The molecule has 152 valence electrons. The summed E-state index contributed by atoms with van der Waals surface area (Å²) >= 11 is 0. The van der Waals surface area contributed by atoms with Gasteiger partial charge in [0.05, 0.1) is 6.67 Å². The highest BCUT2D eigenvalue weighted by atomic mass is 16.2. The Hall–Kier alpha value is -1.85. The quantitative estimate of drug-likeness (QED) is 0.796. The van der Waals surface area contributed by atoms with Gasteiger partial charge in [0, 0.05) is 62.8 Å². The van der Waals surface area contributed by atoms with Crippen LogP contribution in [0.2, 0.25) is 0 Å². The van der Waals surface area contributed by atoms with Crippen molar-refractivity contribution < 1.29 is 4.79 Å². The standard InChI is InChI=1S/C23H34N4O/c1-24-14-16-25(17-15-24)19-27-18-20(21-8-4-5-9-22(21)27)10-11-23(28)26-12-6-2-3-7-13-26/h4-5,8-9,18H,2-3,6-7,10-17,19H2,1H3. The molecule has 1 aromatic carbocycles. The van der Waals surface area contributed by atoms with E-state index < -0.39 is 0 Å². The number of nitrogens with zero attached hydrogens (tertiary/aromatic N) is 4. The van der Waals surface area contributed by atoms with Gasteiger partial charge in [-0.25, -0.2) is 0 Å². The molecular weight excluding hydrogens is 348 g/mol. The van der Waals surface area contributed by atoms with Gasteiger partial charge in [-0.15, -0.1) is 0 Å². The third kappa shape index (κ3) is 4.58. The normalized spacial score (nSPS) is 19.8. The molecule has 2 fully saturated rings. The minimum absolute atomic E-state index is 0.331. The highest BCUT2D eigenvalue weighted by Crippen LogP contribution is 2.24. The summed E-state index contributed by atoms with van der Waals surface area (Å²) < 4.78 is 2.38. The smallest absolute Gasteiger partial charge is 0.222 e. The number of carbonyl (C=O) groups is 1. The van der Waals surface area contributed by atoms with Crippen LogP contribution in [0.15, 0.2) is 30.5 Å². The van der Waals surface area contributed by atoms with Gasteiger partial charge in [0.15, 0.2) is 0 Å². The highest BCUT2D eigenvalue weighted by molar-refractivity contribution is 5.85. The van der Waals surface area contributed by atoms with Crippen LogP contribution in [0.25, 0.3) is 10.9 Å². The first kappa shape index (κ1) is 19.5. The number of hydrogen-bond donors (Lipinski definition) is 0. The average molecular weight is 383 g/mol. The number of hydrogen-bond acceptors (Lipinski definition) is 3.